The van der Waals surface area contributed by atoms with Crippen LogP contribution in [0.1, 0.15) is 25.7 Å². The summed E-state index contributed by atoms with van der Waals surface area (Å²) in [6.45, 7) is 0. The summed E-state index contributed by atoms with van der Waals surface area (Å²) in [5.41, 5.74) is 0. The monoisotopic (exact) mass is 371 g/mol. The topological polar surface area (TPSA) is 0 Å². The molecule has 0 nitrogen and oxygen atoms in total. The second kappa shape index (κ2) is 6.28. The molecule has 0 aliphatic heterocycles. The summed E-state index contributed by atoms with van der Waals surface area (Å²) in [4.78, 5) is 0. The van der Waals surface area contributed by atoms with Gasteiger partial charge in [-0.25, -0.2) is 0 Å². The first kappa shape index (κ1) is 11.7. The minimum Gasteiger partial charge on any atom is -0.0875 e. The van der Waals surface area contributed by atoms with Crippen molar-refractivity contribution < 1.29 is 21.1 Å². The molecule has 1 aliphatic carbocycles. The Kier molecular flexibility index (Phi) is 6.71. The van der Waals surface area contributed by atoms with E-state index < -0.39 is 0 Å². The third-order valence-corrected chi connectivity index (χ3v) is 2.38. The SMILES string of the molecule is ClC1=C(Cl)CCCCC=C1.[Pt]. The van der Waals surface area contributed by atoms with Gasteiger partial charge in [-0.15, -0.1) is 0 Å². The van der Waals surface area contributed by atoms with Crippen LogP contribution in [0.4, 0.5) is 0 Å². The molecule has 0 bridgehead atoms. The minimum atomic E-state index is 0. The Morgan fingerprint density at radius 2 is 1.91 bits per heavy atom. The molecule has 11 heavy (non-hydrogen) atoms. The molecule has 0 atom stereocenters. The minimum absolute atomic E-state index is 0. The molecule has 0 N–H and O–H groups in total. The van der Waals surface area contributed by atoms with Gasteiger partial charge in [-0.05, 0) is 31.8 Å². The van der Waals surface area contributed by atoms with Crippen LogP contribution in [0.15, 0.2) is 22.2 Å². The van der Waals surface area contributed by atoms with Crippen LogP contribution in [0, 0.1) is 0 Å². The zero-order valence-corrected chi connectivity index (χ0v) is 9.84. The average Bonchev–Trinajstić information content (AvgIpc) is 1.92. The van der Waals surface area contributed by atoms with Crippen molar-refractivity contribution in [3.63, 3.8) is 0 Å². The zero-order chi connectivity index (χ0) is 7.40. The van der Waals surface area contributed by atoms with Gasteiger partial charge in [0.15, 0.2) is 0 Å². The fraction of sp³-hybridized carbons (Fsp3) is 0.500. The molecule has 1 aliphatic rings. The Bertz CT molecular complexity index is 173. The third kappa shape index (κ3) is 4.35. The largest absolute Gasteiger partial charge is 0.0875 e. The molecule has 0 unspecified atom stereocenters. The van der Waals surface area contributed by atoms with E-state index in [9.17, 15) is 0 Å². The maximum absolute atomic E-state index is 5.84. The molecule has 0 heterocycles. The molecule has 66 valence electrons. The summed E-state index contributed by atoms with van der Waals surface area (Å²) < 4.78 is 0. The van der Waals surface area contributed by atoms with E-state index in [2.05, 4.69) is 6.08 Å². The van der Waals surface area contributed by atoms with Crippen LogP contribution in [0.2, 0.25) is 0 Å². The molecule has 0 spiro atoms. The van der Waals surface area contributed by atoms with Gasteiger partial charge in [-0.2, -0.15) is 0 Å². The standard InChI is InChI=1S/C8H10Cl2.Pt/c9-7-5-3-1-2-4-6-8(7)10;/h3,5H,1-2,4,6H2;. The molecule has 1 rings (SSSR count). The van der Waals surface area contributed by atoms with Gasteiger partial charge in [0.2, 0.25) is 0 Å². The van der Waals surface area contributed by atoms with Crippen LogP contribution in [0.3, 0.4) is 0 Å². The zero-order valence-electron chi connectivity index (χ0n) is 6.06. The van der Waals surface area contributed by atoms with Crippen molar-refractivity contribution in [2.24, 2.45) is 0 Å². The summed E-state index contributed by atoms with van der Waals surface area (Å²) in [5, 5.41) is 1.51. The molecule has 0 radical (unpaired) electrons. The summed E-state index contributed by atoms with van der Waals surface area (Å²) in [5.74, 6) is 0. The Morgan fingerprint density at radius 3 is 2.64 bits per heavy atom. The van der Waals surface area contributed by atoms with Crippen molar-refractivity contribution in [2.45, 2.75) is 25.7 Å². The van der Waals surface area contributed by atoms with E-state index in [1.807, 2.05) is 6.08 Å². The molecule has 0 amide bonds. The first-order valence-electron chi connectivity index (χ1n) is 3.51. The average molecular weight is 372 g/mol. The first-order chi connectivity index (χ1) is 4.80. The van der Waals surface area contributed by atoms with Gasteiger partial charge in [0.1, 0.15) is 0 Å². The van der Waals surface area contributed by atoms with Gasteiger partial charge in [0.05, 0.1) is 5.03 Å². The molecule has 0 fully saturated rings. The molecule has 0 saturated carbocycles. The van der Waals surface area contributed by atoms with Crippen LogP contribution < -0.4 is 0 Å². The smallest absolute Gasteiger partial charge is 0.0547 e. The van der Waals surface area contributed by atoms with Gasteiger partial charge < -0.3 is 0 Å². The first-order valence-corrected chi connectivity index (χ1v) is 4.27. The Balaban J connectivity index is 0.000001000. The predicted molar refractivity (Wildman–Crippen MR) is 46.3 cm³/mol. The van der Waals surface area contributed by atoms with E-state index in [1.165, 1.54) is 6.42 Å². The molecular formula is C8H10Cl2Pt. The van der Waals surface area contributed by atoms with Gasteiger partial charge >= 0.3 is 0 Å². The number of halogens is 2. The third-order valence-electron chi connectivity index (χ3n) is 1.54. The van der Waals surface area contributed by atoms with Gasteiger partial charge in [-0.1, -0.05) is 29.3 Å². The van der Waals surface area contributed by atoms with Crippen LogP contribution >= 0.6 is 23.2 Å². The molecule has 0 aromatic carbocycles. The summed E-state index contributed by atoms with van der Waals surface area (Å²) in [6, 6.07) is 0. The Hall–Kier alpha value is 0.748. The van der Waals surface area contributed by atoms with E-state index in [0.29, 0.717) is 5.03 Å². The van der Waals surface area contributed by atoms with Crippen LogP contribution in [0.25, 0.3) is 0 Å². The maximum atomic E-state index is 5.84. The summed E-state index contributed by atoms with van der Waals surface area (Å²) >= 11 is 11.6. The molecule has 0 saturated heterocycles. The van der Waals surface area contributed by atoms with Gasteiger partial charge in [0, 0.05) is 26.1 Å². The quantitative estimate of drug-likeness (QED) is 0.607. The maximum Gasteiger partial charge on any atom is 0.0547 e. The van der Waals surface area contributed by atoms with E-state index >= 15 is 0 Å². The number of allylic oxidation sites excluding steroid dienone is 4. The van der Waals surface area contributed by atoms with Gasteiger partial charge in [0.25, 0.3) is 0 Å². The summed E-state index contributed by atoms with van der Waals surface area (Å²) in [6.07, 6.45) is 8.40. The van der Waals surface area contributed by atoms with E-state index in [0.717, 1.165) is 24.3 Å². The molecule has 0 aromatic rings. The van der Waals surface area contributed by atoms with Crippen molar-refractivity contribution in [2.75, 3.05) is 0 Å². The van der Waals surface area contributed by atoms with Gasteiger partial charge in [-0.3, -0.25) is 0 Å². The molecular weight excluding hydrogens is 362 g/mol. The normalized spacial score (nSPS) is 18.7. The van der Waals surface area contributed by atoms with E-state index in [1.54, 1.807) is 0 Å². The number of rotatable bonds is 0. The van der Waals surface area contributed by atoms with Crippen molar-refractivity contribution >= 4 is 23.2 Å². The van der Waals surface area contributed by atoms with E-state index in [-0.39, 0.29) is 21.1 Å². The second-order valence-electron chi connectivity index (χ2n) is 2.40. The van der Waals surface area contributed by atoms with E-state index in [4.69, 9.17) is 23.2 Å². The number of hydrogen-bond donors (Lipinski definition) is 0. The van der Waals surface area contributed by atoms with Crippen LogP contribution in [-0.2, 0) is 21.1 Å². The van der Waals surface area contributed by atoms with Crippen LogP contribution in [0.5, 0.6) is 0 Å². The van der Waals surface area contributed by atoms with Crippen LogP contribution in [-0.4, -0.2) is 0 Å². The van der Waals surface area contributed by atoms with Crippen molar-refractivity contribution in [1.82, 2.24) is 0 Å². The summed E-state index contributed by atoms with van der Waals surface area (Å²) in [7, 11) is 0. The van der Waals surface area contributed by atoms with Crippen molar-refractivity contribution in [1.29, 1.82) is 0 Å². The molecule has 3 heteroatoms. The predicted octanol–water partition coefficient (Wildman–Crippen LogP) is 3.80. The second-order valence-corrected chi connectivity index (χ2v) is 3.26. The Labute approximate surface area is 91.9 Å². The number of hydrogen-bond acceptors (Lipinski definition) is 0. The Morgan fingerprint density at radius 1 is 1.18 bits per heavy atom. The fourth-order valence-electron chi connectivity index (χ4n) is 0.939. The molecule has 0 aromatic heterocycles. The van der Waals surface area contributed by atoms with Crippen molar-refractivity contribution in [3.05, 3.63) is 22.2 Å². The fourth-order valence-corrected chi connectivity index (χ4v) is 1.32. The van der Waals surface area contributed by atoms with Crippen molar-refractivity contribution in [3.8, 4) is 0 Å².